The zero-order valence-corrected chi connectivity index (χ0v) is 18.7. The van der Waals surface area contributed by atoms with E-state index in [1.54, 1.807) is 37.3 Å². The lowest BCUT2D eigenvalue weighted by atomic mass is 10.1. The molecule has 2 heterocycles. The number of hydrazone groups is 1. The fourth-order valence-electron chi connectivity index (χ4n) is 3.00. The maximum Gasteiger partial charge on any atom is 0.280 e. The Balaban J connectivity index is 1.62. The second kappa shape index (κ2) is 8.00. The normalized spacial score (nSPS) is 15.0. The van der Waals surface area contributed by atoms with Gasteiger partial charge in [0.25, 0.3) is 11.6 Å². The number of furan rings is 1. The zero-order chi connectivity index (χ0) is 21.4. The van der Waals surface area contributed by atoms with Crippen molar-refractivity contribution < 1.29 is 14.1 Å². The van der Waals surface area contributed by atoms with Crippen molar-refractivity contribution >= 4 is 60.9 Å². The van der Waals surface area contributed by atoms with Gasteiger partial charge in [0.1, 0.15) is 11.5 Å². The lowest BCUT2D eigenvalue weighted by molar-refractivity contribution is -0.384. The van der Waals surface area contributed by atoms with Crippen LogP contribution in [0.3, 0.4) is 0 Å². The molecule has 1 aliphatic rings. The van der Waals surface area contributed by atoms with Gasteiger partial charge in [-0.25, -0.2) is 0 Å². The summed E-state index contributed by atoms with van der Waals surface area (Å²) < 4.78 is 7.25. The minimum Gasteiger partial charge on any atom is -0.457 e. The van der Waals surface area contributed by atoms with E-state index in [0.717, 1.165) is 4.47 Å². The van der Waals surface area contributed by atoms with E-state index in [0.29, 0.717) is 38.5 Å². The quantitative estimate of drug-likeness (QED) is 0.228. The van der Waals surface area contributed by atoms with Crippen LogP contribution in [-0.2, 0) is 4.79 Å². The molecule has 0 unspecified atom stereocenters. The van der Waals surface area contributed by atoms with E-state index in [-0.39, 0.29) is 11.6 Å². The van der Waals surface area contributed by atoms with Gasteiger partial charge in [0.2, 0.25) is 0 Å². The van der Waals surface area contributed by atoms with Crippen LogP contribution in [0.4, 0.5) is 11.4 Å². The number of benzene rings is 2. The third-order valence-corrected chi connectivity index (χ3v) is 5.61. The van der Waals surface area contributed by atoms with Crippen molar-refractivity contribution in [3.05, 3.63) is 85.0 Å². The van der Waals surface area contributed by atoms with Crippen LogP contribution < -0.4 is 5.01 Å². The minimum atomic E-state index is -0.461. The van der Waals surface area contributed by atoms with Crippen molar-refractivity contribution in [3.8, 4) is 11.3 Å². The predicted molar refractivity (Wildman–Crippen MR) is 121 cm³/mol. The van der Waals surface area contributed by atoms with E-state index in [1.807, 2.05) is 18.2 Å². The van der Waals surface area contributed by atoms with Crippen LogP contribution in [-0.4, -0.2) is 16.5 Å². The van der Waals surface area contributed by atoms with Gasteiger partial charge in [-0.05, 0) is 65.3 Å². The number of hydrogen-bond acceptors (Lipinski definition) is 5. The molecule has 4 rings (SSSR count). The van der Waals surface area contributed by atoms with Crippen molar-refractivity contribution in [2.45, 2.75) is 6.92 Å². The number of nitro groups is 1. The Bertz CT molecular complexity index is 1250. The summed E-state index contributed by atoms with van der Waals surface area (Å²) >= 11 is 6.74. The molecule has 1 aromatic heterocycles. The zero-order valence-electron chi connectivity index (χ0n) is 15.5. The first kappa shape index (κ1) is 20.2. The first-order valence-electron chi connectivity index (χ1n) is 8.75. The van der Waals surface area contributed by atoms with Crippen molar-refractivity contribution in [1.82, 2.24) is 0 Å². The van der Waals surface area contributed by atoms with Crippen LogP contribution in [0.15, 0.2) is 78.6 Å². The molecule has 0 atom stereocenters. The van der Waals surface area contributed by atoms with Gasteiger partial charge in [-0.1, -0.05) is 22.0 Å². The average Bonchev–Trinajstić information content (AvgIpc) is 3.28. The fourth-order valence-corrected chi connectivity index (χ4v) is 3.95. The molecule has 0 N–H and O–H groups in total. The highest BCUT2D eigenvalue weighted by Crippen LogP contribution is 2.33. The lowest BCUT2D eigenvalue weighted by Crippen LogP contribution is -2.21. The summed E-state index contributed by atoms with van der Waals surface area (Å²) in [4.78, 5) is 23.3. The van der Waals surface area contributed by atoms with E-state index in [1.165, 1.54) is 17.1 Å². The number of nitro benzene ring substituents is 1. The molecule has 0 bridgehead atoms. The Morgan fingerprint density at radius 3 is 2.63 bits per heavy atom. The summed E-state index contributed by atoms with van der Waals surface area (Å²) in [5, 5.41) is 16.6. The van der Waals surface area contributed by atoms with Gasteiger partial charge < -0.3 is 4.42 Å². The molecule has 0 saturated carbocycles. The van der Waals surface area contributed by atoms with Crippen LogP contribution >= 0.6 is 31.9 Å². The monoisotopic (exact) mass is 529 g/mol. The molecule has 0 aliphatic carbocycles. The Morgan fingerprint density at radius 2 is 1.93 bits per heavy atom. The molecular formula is C21H13Br2N3O4. The van der Waals surface area contributed by atoms with Crippen LogP contribution in [0.2, 0.25) is 0 Å². The number of carbonyl (C=O) groups is 1. The number of anilines is 1. The topological polar surface area (TPSA) is 89.0 Å². The number of amides is 1. The van der Waals surface area contributed by atoms with Crippen molar-refractivity contribution in [2.24, 2.45) is 5.10 Å². The van der Waals surface area contributed by atoms with Crippen molar-refractivity contribution in [1.29, 1.82) is 0 Å². The van der Waals surface area contributed by atoms with E-state index in [4.69, 9.17) is 4.42 Å². The molecule has 2 aromatic carbocycles. The Kier molecular flexibility index (Phi) is 5.40. The third-order valence-electron chi connectivity index (χ3n) is 4.46. The second-order valence-electron chi connectivity index (χ2n) is 6.46. The number of non-ortho nitro benzene ring substituents is 1. The van der Waals surface area contributed by atoms with Crippen LogP contribution in [0, 0.1) is 10.1 Å². The van der Waals surface area contributed by atoms with E-state index >= 15 is 0 Å². The van der Waals surface area contributed by atoms with Gasteiger partial charge in [0.15, 0.2) is 0 Å². The average molecular weight is 531 g/mol. The number of halogens is 2. The van der Waals surface area contributed by atoms with Gasteiger partial charge in [-0.15, -0.1) is 0 Å². The fraction of sp³-hybridized carbons (Fsp3) is 0.0476. The predicted octanol–water partition coefficient (Wildman–Crippen LogP) is 6.19. The Hall–Kier alpha value is -3.04. The maximum absolute atomic E-state index is 12.9. The van der Waals surface area contributed by atoms with Gasteiger partial charge >= 0.3 is 0 Å². The largest absolute Gasteiger partial charge is 0.457 e. The summed E-state index contributed by atoms with van der Waals surface area (Å²) in [7, 11) is 0. The molecule has 9 heteroatoms. The molecular weight excluding hydrogens is 518 g/mol. The molecule has 0 fully saturated rings. The third kappa shape index (κ3) is 3.86. The second-order valence-corrected chi connectivity index (χ2v) is 8.23. The molecule has 7 nitrogen and oxygen atoms in total. The van der Waals surface area contributed by atoms with E-state index in [2.05, 4.69) is 37.0 Å². The molecule has 0 radical (unpaired) electrons. The van der Waals surface area contributed by atoms with Gasteiger partial charge in [-0.3, -0.25) is 14.9 Å². The number of rotatable bonds is 4. The molecule has 0 spiro atoms. The maximum atomic E-state index is 12.9. The molecule has 1 amide bonds. The minimum absolute atomic E-state index is 0.0180. The van der Waals surface area contributed by atoms with Gasteiger partial charge in [-0.2, -0.15) is 10.1 Å². The Labute approximate surface area is 188 Å². The number of nitrogens with zero attached hydrogens (tertiary/aromatic N) is 3. The number of carbonyl (C=O) groups excluding carboxylic acids is 1. The summed E-state index contributed by atoms with van der Waals surface area (Å²) in [6.45, 7) is 1.76. The molecule has 1 aliphatic heterocycles. The van der Waals surface area contributed by atoms with Crippen LogP contribution in [0.5, 0.6) is 0 Å². The smallest absolute Gasteiger partial charge is 0.280 e. The summed E-state index contributed by atoms with van der Waals surface area (Å²) in [6, 6.07) is 15.2. The highest BCUT2D eigenvalue weighted by atomic mass is 79.9. The molecule has 3 aromatic rings. The van der Waals surface area contributed by atoms with E-state index in [9.17, 15) is 14.9 Å². The SMILES string of the molecule is CC1=NN(c2cccc(Br)c2)C(=O)C1=Cc1ccc(-c2ccc([N+](=O)[O-])cc2Br)o1. The van der Waals surface area contributed by atoms with Crippen molar-refractivity contribution in [3.63, 3.8) is 0 Å². The highest BCUT2D eigenvalue weighted by Gasteiger charge is 2.29. The summed E-state index contributed by atoms with van der Waals surface area (Å²) in [6.07, 6.45) is 1.64. The highest BCUT2D eigenvalue weighted by molar-refractivity contribution is 9.10. The first-order chi connectivity index (χ1) is 14.3. The number of hydrogen-bond donors (Lipinski definition) is 0. The van der Waals surface area contributed by atoms with E-state index < -0.39 is 4.92 Å². The summed E-state index contributed by atoms with van der Waals surface area (Å²) in [5.74, 6) is 0.747. The first-order valence-corrected chi connectivity index (χ1v) is 10.3. The lowest BCUT2D eigenvalue weighted by Gasteiger charge is -2.11. The van der Waals surface area contributed by atoms with Crippen molar-refractivity contribution in [2.75, 3.05) is 5.01 Å². The van der Waals surface area contributed by atoms with Crippen LogP contribution in [0.25, 0.3) is 17.4 Å². The molecule has 0 saturated heterocycles. The van der Waals surface area contributed by atoms with Gasteiger partial charge in [0.05, 0.1) is 21.9 Å². The Morgan fingerprint density at radius 1 is 1.13 bits per heavy atom. The van der Waals surface area contributed by atoms with Gasteiger partial charge in [0, 0.05) is 26.6 Å². The summed E-state index contributed by atoms with van der Waals surface area (Å²) in [5.41, 5.74) is 2.32. The molecule has 30 heavy (non-hydrogen) atoms. The van der Waals surface area contributed by atoms with Crippen LogP contribution in [0.1, 0.15) is 12.7 Å². The molecule has 150 valence electrons. The standard InChI is InChI=1S/C21H13Br2N3O4/c1-12-18(21(27)25(24-12)14-4-2-3-13(22)9-14)11-16-6-8-20(30-16)17-7-5-15(26(28)29)10-19(17)23/h2-11H,1H3.